The predicted molar refractivity (Wildman–Crippen MR) is 123 cm³/mol. The molecule has 5 rings (SSSR count). The second-order valence-corrected chi connectivity index (χ2v) is 8.17. The number of imidazole rings is 1. The molecule has 0 spiro atoms. The van der Waals surface area contributed by atoms with Gasteiger partial charge in [-0.05, 0) is 41.7 Å². The molecule has 4 aromatic rings. The Morgan fingerprint density at radius 1 is 0.839 bits per heavy atom. The number of amides is 1. The van der Waals surface area contributed by atoms with E-state index in [1.54, 1.807) is 0 Å². The normalized spacial score (nSPS) is 14.8. The minimum Gasteiger partial charge on any atom is -0.342 e. The van der Waals surface area contributed by atoms with Crippen LogP contribution in [0.1, 0.15) is 24.4 Å². The Labute approximate surface area is 180 Å². The van der Waals surface area contributed by atoms with Crippen molar-refractivity contribution in [3.05, 3.63) is 94.9 Å². The van der Waals surface area contributed by atoms with Crippen molar-refractivity contribution in [2.24, 2.45) is 0 Å². The van der Waals surface area contributed by atoms with Gasteiger partial charge in [0.2, 0.25) is 5.91 Å². The van der Waals surface area contributed by atoms with Crippen molar-refractivity contribution in [3.8, 4) is 11.1 Å². The Kier molecular flexibility index (Phi) is 5.16. The van der Waals surface area contributed by atoms with Crippen LogP contribution in [-0.2, 0) is 11.2 Å². The van der Waals surface area contributed by atoms with Crippen LogP contribution in [0, 0.1) is 0 Å². The third-order valence-electron chi connectivity index (χ3n) is 6.22. The molecule has 156 valence electrons. The van der Waals surface area contributed by atoms with E-state index >= 15 is 0 Å². The summed E-state index contributed by atoms with van der Waals surface area (Å²) in [5.41, 5.74) is 5.10. The number of hydrogen-bond acceptors (Lipinski definition) is 2. The standard InChI is InChI=1S/C26H25N3O2/c30-25(18-19-10-12-21(13-11-19)20-6-2-1-3-7-20)28-16-14-22(15-17-28)29-24-9-5-4-8-23(24)27-26(29)31/h1-13,22H,14-18H2,(H,27,31). The van der Waals surface area contributed by atoms with Gasteiger partial charge in [-0.3, -0.25) is 9.36 Å². The Hall–Kier alpha value is -3.60. The van der Waals surface area contributed by atoms with Gasteiger partial charge in [0.15, 0.2) is 0 Å². The molecule has 5 nitrogen and oxygen atoms in total. The van der Waals surface area contributed by atoms with Crippen LogP contribution in [0.25, 0.3) is 22.2 Å². The zero-order valence-electron chi connectivity index (χ0n) is 17.3. The molecule has 1 aliphatic heterocycles. The number of nitrogens with zero attached hydrogens (tertiary/aromatic N) is 2. The lowest BCUT2D eigenvalue weighted by atomic mass is 10.0. The van der Waals surface area contributed by atoms with Crippen molar-refractivity contribution in [3.63, 3.8) is 0 Å². The predicted octanol–water partition coefficient (Wildman–Crippen LogP) is 4.40. The Balaban J connectivity index is 1.22. The van der Waals surface area contributed by atoms with Crippen LogP contribution >= 0.6 is 0 Å². The van der Waals surface area contributed by atoms with E-state index in [2.05, 4.69) is 29.2 Å². The van der Waals surface area contributed by atoms with E-state index in [-0.39, 0.29) is 17.6 Å². The monoisotopic (exact) mass is 411 g/mol. The second-order valence-electron chi connectivity index (χ2n) is 8.17. The molecular formula is C26H25N3O2. The number of nitrogens with one attached hydrogen (secondary N) is 1. The molecule has 0 unspecified atom stereocenters. The van der Waals surface area contributed by atoms with Crippen molar-refractivity contribution in [2.75, 3.05) is 13.1 Å². The molecule has 1 amide bonds. The van der Waals surface area contributed by atoms with E-state index in [9.17, 15) is 9.59 Å². The van der Waals surface area contributed by atoms with Gasteiger partial charge in [-0.1, -0.05) is 66.7 Å². The number of benzene rings is 3. The number of H-pyrrole nitrogens is 1. The maximum absolute atomic E-state index is 12.8. The summed E-state index contributed by atoms with van der Waals surface area (Å²) in [4.78, 5) is 30.2. The molecule has 0 radical (unpaired) electrons. The summed E-state index contributed by atoms with van der Waals surface area (Å²) in [5.74, 6) is 0.150. The van der Waals surface area contributed by atoms with Gasteiger partial charge in [0.05, 0.1) is 17.5 Å². The van der Waals surface area contributed by atoms with Gasteiger partial charge < -0.3 is 9.88 Å². The fourth-order valence-electron chi connectivity index (χ4n) is 4.54. The molecule has 0 aliphatic carbocycles. The highest BCUT2D eigenvalue weighted by atomic mass is 16.2. The number of hydrogen-bond donors (Lipinski definition) is 1. The summed E-state index contributed by atoms with van der Waals surface area (Å²) in [6.07, 6.45) is 1.99. The smallest absolute Gasteiger partial charge is 0.326 e. The van der Waals surface area contributed by atoms with Gasteiger partial charge in [0, 0.05) is 19.1 Å². The largest absolute Gasteiger partial charge is 0.342 e. The number of aromatic amines is 1. The van der Waals surface area contributed by atoms with Gasteiger partial charge in [0.1, 0.15) is 0 Å². The van der Waals surface area contributed by atoms with E-state index in [0.717, 1.165) is 35.0 Å². The third-order valence-corrected chi connectivity index (χ3v) is 6.22. The molecular weight excluding hydrogens is 386 g/mol. The molecule has 1 aromatic heterocycles. The van der Waals surface area contributed by atoms with Crippen molar-refractivity contribution >= 4 is 16.9 Å². The molecule has 0 saturated carbocycles. The zero-order chi connectivity index (χ0) is 21.2. The average Bonchev–Trinajstić information content (AvgIpc) is 3.16. The van der Waals surface area contributed by atoms with Crippen LogP contribution in [0.3, 0.4) is 0 Å². The lowest BCUT2D eigenvalue weighted by Gasteiger charge is -2.32. The number of carbonyl (C=O) groups is 1. The number of piperidine rings is 1. The first kappa shape index (κ1) is 19.4. The number of likely N-dealkylation sites (tertiary alicyclic amines) is 1. The van der Waals surface area contributed by atoms with Crippen LogP contribution in [0.15, 0.2) is 83.7 Å². The summed E-state index contributed by atoms with van der Waals surface area (Å²) >= 11 is 0. The first-order chi connectivity index (χ1) is 15.2. The maximum Gasteiger partial charge on any atom is 0.326 e. The molecule has 31 heavy (non-hydrogen) atoms. The number of rotatable bonds is 4. The number of carbonyl (C=O) groups excluding carboxylic acids is 1. The van der Waals surface area contributed by atoms with Gasteiger partial charge in [-0.15, -0.1) is 0 Å². The highest BCUT2D eigenvalue weighted by molar-refractivity contribution is 5.79. The Morgan fingerprint density at radius 3 is 2.23 bits per heavy atom. The minimum absolute atomic E-state index is 0.0653. The van der Waals surface area contributed by atoms with Gasteiger partial charge >= 0.3 is 5.69 Å². The topological polar surface area (TPSA) is 58.1 Å². The van der Waals surface area contributed by atoms with Gasteiger partial charge in [-0.2, -0.15) is 0 Å². The molecule has 1 aliphatic rings. The van der Waals surface area contributed by atoms with Crippen LogP contribution in [0.4, 0.5) is 0 Å². The quantitative estimate of drug-likeness (QED) is 0.541. The average molecular weight is 412 g/mol. The molecule has 5 heteroatoms. The lowest BCUT2D eigenvalue weighted by Crippen LogP contribution is -2.41. The van der Waals surface area contributed by atoms with Crippen LogP contribution < -0.4 is 5.69 Å². The van der Waals surface area contributed by atoms with Crippen LogP contribution in [-0.4, -0.2) is 33.4 Å². The van der Waals surface area contributed by atoms with E-state index in [0.29, 0.717) is 19.5 Å². The maximum atomic E-state index is 12.8. The zero-order valence-corrected chi connectivity index (χ0v) is 17.3. The highest BCUT2D eigenvalue weighted by Crippen LogP contribution is 2.25. The SMILES string of the molecule is O=C(Cc1ccc(-c2ccccc2)cc1)N1CCC(n2c(=O)[nH]c3ccccc32)CC1. The second kappa shape index (κ2) is 8.26. The molecule has 0 bridgehead atoms. The lowest BCUT2D eigenvalue weighted by molar-refractivity contribution is -0.131. The third kappa shape index (κ3) is 3.91. The van der Waals surface area contributed by atoms with E-state index in [1.807, 2.05) is 64.1 Å². The summed E-state index contributed by atoms with van der Waals surface area (Å²) < 4.78 is 1.86. The fourth-order valence-corrected chi connectivity index (χ4v) is 4.54. The molecule has 0 atom stereocenters. The van der Waals surface area contributed by atoms with Crippen LogP contribution in [0.5, 0.6) is 0 Å². The first-order valence-electron chi connectivity index (χ1n) is 10.8. The number of fused-ring (bicyclic) bond motifs is 1. The van der Waals surface area contributed by atoms with E-state index in [4.69, 9.17) is 0 Å². The Bertz CT molecular complexity index is 1250. The summed E-state index contributed by atoms with van der Waals surface area (Å²) in [7, 11) is 0. The van der Waals surface area contributed by atoms with Crippen molar-refractivity contribution in [1.82, 2.24) is 14.5 Å². The van der Waals surface area contributed by atoms with Crippen LogP contribution in [0.2, 0.25) is 0 Å². The molecule has 1 saturated heterocycles. The summed E-state index contributed by atoms with van der Waals surface area (Å²) in [6, 6.07) is 26.4. The van der Waals surface area contributed by atoms with E-state index < -0.39 is 0 Å². The number of aromatic nitrogens is 2. The molecule has 1 fully saturated rings. The first-order valence-corrected chi connectivity index (χ1v) is 10.8. The molecule has 3 aromatic carbocycles. The Morgan fingerprint density at radius 2 is 1.48 bits per heavy atom. The van der Waals surface area contributed by atoms with Gasteiger partial charge in [-0.25, -0.2) is 4.79 Å². The highest BCUT2D eigenvalue weighted by Gasteiger charge is 2.26. The van der Waals surface area contributed by atoms with Crippen molar-refractivity contribution in [1.29, 1.82) is 0 Å². The van der Waals surface area contributed by atoms with Crippen molar-refractivity contribution in [2.45, 2.75) is 25.3 Å². The molecule has 2 heterocycles. The number of para-hydroxylation sites is 2. The van der Waals surface area contributed by atoms with E-state index in [1.165, 1.54) is 5.56 Å². The fraction of sp³-hybridized carbons (Fsp3) is 0.231. The van der Waals surface area contributed by atoms with Gasteiger partial charge in [0.25, 0.3) is 0 Å². The van der Waals surface area contributed by atoms with Crippen molar-refractivity contribution < 1.29 is 4.79 Å². The molecule has 1 N–H and O–H groups in total. The minimum atomic E-state index is -0.0653. The summed E-state index contributed by atoms with van der Waals surface area (Å²) in [5, 5.41) is 0. The summed E-state index contributed by atoms with van der Waals surface area (Å²) in [6.45, 7) is 1.36.